The van der Waals surface area contributed by atoms with Gasteiger partial charge in [-0.2, -0.15) is 0 Å². The highest BCUT2D eigenvalue weighted by Gasteiger charge is 2.62. The van der Waals surface area contributed by atoms with Gasteiger partial charge in [0.15, 0.2) is 79.9 Å². The monoisotopic (exact) mass is 1690 g/mol. The minimum absolute atomic E-state index is 0.00484. The smallest absolute Gasteiger partial charge is 0.338 e. The maximum absolute atomic E-state index is 15.6. The highest BCUT2D eigenvalue weighted by molar-refractivity contribution is 5.95. The maximum Gasteiger partial charge on any atom is 0.338 e. The van der Waals surface area contributed by atoms with E-state index in [2.05, 4.69) is 0 Å². The summed E-state index contributed by atoms with van der Waals surface area (Å²) in [4.78, 5) is 177. The van der Waals surface area contributed by atoms with Crippen LogP contribution in [-0.4, -0.2) is 201 Å². The molecule has 1 N–H and O–H groups in total. The standard InChI is InChI=1S/C94H80O30/c1-56(95)108-53-68(111-57(2)96)71-75(123-93-80(120-90(105)66-49-29-11-30-50-66)76(117-87(102)63-43-23-8-24-44-63)72(114-85(100)61-39-19-6-20-40-61)70(113-93)55-110-83(98)59-35-15-4-16-36-59)77(118-88(103)64-45-25-9-26-46-64)79(92(107)115-71)124-94-81(121-91(106)67-51-31-12-32-52-67)78(119-89(104)65-47-27-10-28-48-65)74(116-86(101)62-41-21-7-22-42-62)73(122-94)69(112-84(99)60-37-17-5-18-38-60)54-109-82(97)58-33-13-3-14-34-58/h3-52,68-81,92-94,107H,53-55H2,1-2H3/t68-,69-,70+,71+,72+,73+,74+,75+,76-,77-,78-,79-,80+,81-,92-,93-,94+/m0/s1. The molecule has 10 aromatic rings. The molecule has 3 aliphatic rings. The zero-order chi connectivity index (χ0) is 87.0. The highest BCUT2D eigenvalue weighted by atomic mass is 16.8. The predicted molar refractivity (Wildman–Crippen MR) is 429 cm³/mol. The summed E-state index contributed by atoms with van der Waals surface area (Å²) in [6, 6.07) is 73.0. The third kappa shape index (κ3) is 22.6. The third-order valence-corrected chi connectivity index (χ3v) is 19.6. The molecule has 0 saturated carbocycles. The normalized spacial score (nSPS) is 22.5. The molecule has 0 spiro atoms. The Morgan fingerprint density at radius 1 is 0.258 bits per heavy atom. The number of aliphatic hydroxyl groups is 1. The van der Waals surface area contributed by atoms with E-state index in [9.17, 15) is 33.9 Å². The molecule has 0 unspecified atom stereocenters. The highest BCUT2D eigenvalue weighted by Crippen LogP contribution is 2.41. The van der Waals surface area contributed by atoms with Crippen molar-refractivity contribution in [3.63, 3.8) is 0 Å². The first-order valence-corrected chi connectivity index (χ1v) is 39.0. The van der Waals surface area contributed by atoms with Crippen molar-refractivity contribution in [2.24, 2.45) is 0 Å². The second kappa shape index (κ2) is 42.2. The molecular formula is C94H80O30. The molecule has 124 heavy (non-hydrogen) atoms. The molecule has 0 amide bonds. The zero-order valence-corrected chi connectivity index (χ0v) is 66.1. The van der Waals surface area contributed by atoms with E-state index in [0.717, 1.165) is 13.8 Å². The fourth-order valence-electron chi connectivity index (χ4n) is 13.6. The Morgan fingerprint density at radius 2 is 0.516 bits per heavy atom. The summed E-state index contributed by atoms with van der Waals surface area (Å²) >= 11 is 0. The fourth-order valence-corrected chi connectivity index (χ4v) is 13.6. The quantitative estimate of drug-likeness (QED) is 0.0311. The van der Waals surface area contributed by atoms with Gasteiger partial charge in [-0.15, -0.1) is 0 Å². The molecule has 0 aliphatic carbocycles. The summed E-state index contributed by atoms with van der Waals surface area (Å²) in [7, 11) is 0. The van der Waals surface area contributed by atoms with Gasteiger partial charge in [-0.3, -0.25) is 9.59 Å². The molecule has 30 heteroatoms. The number of ether oxygens (including phenoxy) is 17. The second-order valence-corrected chi connectivity index (χ2v) is 28.0. The lowest BCUT2D eigenvalue weighted by atomic mass is 9.92. The molecule has 636 valence electrons. The van der Waals surface area contributed by atoms with E-state index in [0.29, 0.717) is 0 Å². The number of esters is 12. The number of carbonyl (C=O) groups is 12. The van der Waals surface area contributed by atoms with Crippen LogP contribution in [0.4, 0.5) is 0 Å². The summed E-state index contributed by atoms with van der Waals surface area (Å²) < 4.78 is 110. The van der Waals surface area contributed by atoms with Crippen LogP contribution in [0.5, 0.6) is 0 Å². The Balaban J connectivity index is 1.03. The van der Waals surface area contributed by atoms with Crippen LogP contribution in [0.25, 0.3) is 0 Å². The SMILES string of the molecule is CC(=O)OC[C@H](OC(C)=O)[C@H]1O[C@H](O)[C@@H](O[C@H]2O[C@H]([C@H](COC(=O)c3ccccc3)OC(=O)c3ccccc3)[C@@H](OC(=O)c3ccccc3)[C@H](OC(=O)c3ccccc3)[C@@H]2OC(=O)c2ccccc2)[C@@H](OC(=O)c2ccccc2)[C@@H]1O[C@@H]1O[C@H](COC(=O)c2ccccc2)[C@@H](OC(=O)c2ccccc2)[C@H](OC(=O)c2ccccc2)[C@H]1OC(=O)c1ccccc1. The van der Waals surface area contributed by atoms with Crippen molar-refractivity contribution in [1.82, 2.24) is 0 Å². The maximum atomic E-state index is 15.6. The first kappa shape index (κ1) is 87.4. The first-order valence-electron chi connectivity index (χ1n) is 39.0. The molecule has 0 aromatic heterocycles. The van der Waals surface area contributed by atoms with E-state index in [1.165, 1.54) is 243 Å². The lowest BCUT2D eigenvalue weighted by Crippen LogP contribution is -2.70. The summed E-state index contributed by atoms with van der Waals surface area (Å²) in [5.74, 6) is -13.7. The zero-order valence-electron chi connectivity index (χ0n) is 66.1. The minimum Gasteiger partial charge on any atom is -0.462 e. The molecule has 13 rings (SSSR count). The molecule has 30 nitrogen and oxygen atoms in total. The summed E-state index contributed by atoms with van der Waals surface area (Å²) in [5, 5.41) is 13.4. The molecule has 3 heterocycles. The van der Waals surface area contributed by atoms with Crippen LogP contribution in [-0.2, 0) is 90.1 Å². The van der Waals surface area contributed by atoms with Crippen molar-refractivity contribution in [3.8, 4) is 0 Å². The number of benzene rings is 10. The summed E-state index contributed by atoms with van der Waals surface area (Å²) in [5.41, 5.74) is -1.29. The molecule has 0 radical (unpaired) electrons. The number of hydrogen-bond donors (Lipinski definition) is 1. The molecule has 0 bridgehead atoms. The van der Waals surface area contributed by atoms with Gasteiger partial charge in [0.2, 0.25) is 0 Å². The van der Waals surface area contributed by atoms with E-state index < -0.39 is 196 Å². The van der Waals surface area contributed by atoms with Gasteiger partial charge in [0, 0.05) is 13.8 Å². The molecule has 10 aromatic carbocycles. The minimum atomic E-state index is -2.69. The number of carbonyl (C=O) groups excluding carboxylic acids is 12. The molecule has 3 aliphatic heterocycles. The van der Waals surface area contributed by atoms with E-state index in [4.69, 9.17) is 80.5 Å². The topological polar surface area (TPSA) is 382 Å². The van der Waals surface area contributed by atoms with Gasteiger partial charge in [0.05, 0.1) is 55.6 Å². The number of aliphatic hydroxyl groups excluding tert-OH is 1. The van der Waals surface area contributed by atoms with Crippen molar-refractivity contribution < 1.29 is 143 Å². The van der Waals surface area contributed by atoms with Crippen LogP contribution < -0.4 is 0 Å². The van der Waals surface area contributed by atoms with Crippen LogP contribution in [0.3, 0.4) is 0 Å². The van der Waals surface area contributed by atoms with Gasteiger partial charge in [-0.25, -0.2) is 47.9 Å². The molecule has 17 atom stereocenters. The largest absolute Gasteiger partial charge is 0.462 e. The van der Waals surface area contributed by atoms with Crippen LogP contribution in [0.15, 0.2) is 303 Å². The Morgan fingerprint density at radius 3 is 0.863 bits per heavy atom. The Hall–Kier alpha value is -14.4. The lowest BCUT2D eigenvalue weighted by molar-refractivity contribution is -0.386. The fraction of sp³-hybridized carbons (Fsp3) is 0.234. The Bertz CT molecular complexity index is 5300. The van der Waals surface area contributed by atoms with Gasteiger partial charge < -0.3 is 85.6 Å². The third-order valence-electron chi connectivity index (χ3n) is 19.6. The van der Waals surface area contributed by atoms with Gasteiger partial charge in [0.1, 0.15) is 44.2 Å². The van der Waals surface area contributed by atoms with E-state index in [1.807, 2.05) is 0 Å². The Kier molecular flexibility index (Phi) is 29.8. The first-order chi connectivity index (χ1) is 60.2. The Labute approximate surface area is 708 Å². The van der Waals surface area contributed by atoms with E-state index in [-0.39, 0.29) is 55.6 Å². The molecule has 3 saturated heterocycles. The van der Waals surface area contributed by atoms with Gasteiger partial charge in [-0.1, -0.05) is 182 Å². The van der Waals surface area contributed by atoms with Gasteiger partial charge in [0.25, 0.3) is 0 Å². The average Bonchev–Trinajstić information content (AvgIpc) is 0.750. The van der Waals surface area contributed by atoms with Crippen LogP contribution in [0.2, 0.25) is 0 Å². The van der Waals surface area contributed by atoms with Gasteiger partial charge in [-0.05, 0) is 121 Å². The van der Waals surface area contributed by atoms with Crippen molar-refractivity contribution >= 4 is 71.6 Å². The van der Waals surface area contributed by atoms with Crippen molar-refractivity contribution in [1.29, 1.82) is 0 Å². The molecule has 3 fully saturated rings. The predicted octanol–water partition coefficient (Wildman–Crippen LogP) is 10.9. The number of hydrogen-bond acceptors (Lipinski definition) is 30. The summed E-state index contributed by atoms with van der Waals surface area (Å²) in [6.45, 7) is -1.06. The van der Waals surface area contributed by atoms with Gasteiger partial charge >= 0.3 is 71.6 Å². The second-order valence-electron chi connectivity index (χ2n) is 28.0. The van der Waals surface area contributed by atoms with Crippen LogP contribution in [0, 0.1) is 0 Å². The lowest BCUT2D eigenvalue weighted by Gasteiger charge is -2.51. The van der Waals surface area contributed by atoms with E-state index in [1.54, 1.807) is 60.7 Å². The van der Waals surface area contributed by atoms with Crippen molar-refractivity contribution in [3.05, 3.63) is 359 Å². The molecular weight excluding hydrogens is 1610 g/mol. The van der Waals surface area contributed by atoms with Crippen molar-refractivity contribution in [2.75, 3.05) is 19.8 Å². The average molecular weight is 1690 g/mol. The van der Waals surface area contributed by atoms with Crippen molar-refractivity contribution in [2.45, 2.75) is 118 Å². The van der Waals surface area contributed by atoms with Crippen LogP contribution >= 0.6 is 0 Å². The summed E-state index contributed by atoms with van der Waals surface area (Å²) in [6.07, 6.45) is -39.3. The van der Waals surface area contributed by atoms with E-state index >= 15 is 28.8 Å². The number of rotatable bonds is 31. The van der Waals surface area contributed by atoms with Crippen LogP contribution in [0.1, 0.15) is 117 Å².